The van der Waals surface area contributed by atoms with Gasteiger partial charge in [-0.05, 0) is 26.3 Å². The van der Waals surface area contributed by atoms with Crippen LogP contribution in [0.15, 0.2) is 0 Å². The van der Waals surface area contributed by atoms with E-state index < -0.39 is 0 Å². The molecule has 0 bridgehead atoms. The average molecular weight is 258 g/mol. The minimum Gasteiger partial charge on any atom is -0.385 e. The summed E-state index contributed by atoms with van der Waals surface area (Å²) in [5.41, 5.74) is 0. The van der Waals surface area contributed by atoms with Gasteiger partial charge in [0.05, 0.1) is 6.10 Å². The second-order valence-corrected chi connectivity index (χ2v) is 4.73. The zero-order valence-corrected chi connectivity index (χ0v) is 11.5. The number of ether oxygens (including phenoxy) is 2. The van der Waals surface area contributed by atoms with Gasteiger partial charge in [-0.2, -0.15) is 0 Å². The maximum Gasteiger partial charge on any atom is 0.246 e. The van der Waals surface area contributed by atoms with Crippen molar-refractivity contribution in [3.63, 3.8) is 0 Å². The van der Waals surface area contributed by atoms with E-state index in [2.05, 4.69) is 10.6 Å². The molecule has 2 unspecified atom stereocenters. The molecule has 0 aromatic carbocycles. The Labute approximate surface area is 110 Å². The molecule has 0 aromatic rings. The zero-order chi connectivity index (χ0) is 13.2. The third-order valence-corrected chi connectivity index (χ3v) is 3.35. The molecule has 18 heavy (non-hydrogen) atoms. The number of carbonyl (C=O) groups is 1. The molecule has 5 heteroatoms. The molecule has 0 heterocycles. The fourth-order valence-electron chi connectivity index (χ4n) is 2.30. The Morgan fingerprint density at radius 2 is 2.11 bits per heavy atom. The van der Waals surface area contributed by atoms with Crippen molar-refractivity contribution in [1.82, 2.24) is 10.6 Å². The van der Waals surface area contributed by atoms with Crippen LogP contribution in [0.5, 0.6) is 0 Å². The summed E-state index contributed by atoms with van der Waals surface area (Å²) in [6.45, 7) is 1.48. The highest BCUT2D eigenvalue weighted by atomic mass is 16.5. The summed E-state index contributed by atoms with van der Waals surface area (Å²) in [6, 6.07) is 0.389. The van der Waals surface area contributed by atoms with Crippen LogP contribution in [0.2, 0.25) is 0 Å². The Kier molecular flexibility index (Phi) is 7.96. The number of rotatable bonds is 8. The van der Waals surface area contributed by atoms with Gasteiger partial charge in [-0.15, -0.1) is 0 Å². The first-order valence-electron chi connectivity index (χ1n) is 6.82. The minimum absolute atomic E-state index is 0.0356. The van der Waals surface area contributed by atoms with Crippen LogP contribution >= 0.6 is 0 Å². The molecular formula is C13H26N2O3. The molecule has 2 atom stereocenters. The molecule has 0 saturated heterocycles. The Balaban J connectivity index is 2.12. The highest BCUT2D eigenvalue weighted by Gasteiger charge is 2.24. The van der Waals surface area contributed by atoms with Gasteiger partial charge >= 0.3 is 0 Å². The van der Waals surface area contributed by atoms with Crippen LogP contribution in [0.1, 0.15) is 32.1 Å². The first kappa shape index (κ1) is 15.4. The monoisotopic (exact) mass is 258 g/mol. The summed E-state index contributed by atoms with van der Waals surface area (Å²) < 4.78 is 10.6. The zero-order valence-electron chi connectivity index (χ0n) is 11.5. The number of amides is 1. The summed E-state index contributed by atoms with van der Waals surface area (Å²) in [5, 5.41) is 6.09. The second-order valence-electron chi connectivity index (χ2n) is 4.73. The van der Waals surface area contributed by atoms with E-state index in [4.69, 9.17) is 9.47 Å². The van der Waals surface area contributed by atoms with Gasteiger partial charge in [0.25, 0.3) is 0 Å². The standard InChI is InChI=1S/C13H26N2O3/c1-14-11-6-3-4-7-12(11)18-10-13(16)15-8-5-9-17-2/h11-12,14H,3-10H2,1-2H3,(H,15,16). The lowest BCUT2D eigenvalue weighted by atomic mass is 9.92. The molecule has 1 aliphatic carbocycles. The molecule has 1 fully saturated rings. The number of methoxy groups -OCH3 is 1. The van der Waals surface area contributed by atoms with Gasteiger partial charge in [0.2, 0.25) is 5.91 Å². The largest absolute Gasteiger partial charge is 0.385 e. The molecule has 0 aromatic heterocycles. The van der Waals surface area contributed by atoms with Crippen molar-refractivity contribution in [2.45, 2.75) is 44.2 Å². The number of hydrogen-bond donors (Lipinski definition) is 2. The third-order valence-electron chi connectivity index (χ3n) is 3.35. The van der Waals surface area contributed by atoms with Gasteiger partial charge in [-0.25, -0.2) is 0 Å². The lowest BCUT2D eigenvalue weighted by Crippen LogP contribution is -2.43. The maximum atomic E-state index is 11.5. The van der Waals surface area contributed by atoms with E-state index in [-0.39, 0.29) is 18.6 Å². The summed E-state index contributed by atoms with van der Waals surface area (Å²) >= 11 is 0. The van der Waals surface area contributed by atoms with Crippen LogP contribution in [-0.4, -0.2) is 52.0 Å². The van der Waals surface area contributed by atoms with Gasteiger partial charge < -0.3 is 20.1 Å². The molecule has 1 saturated carbocycles. The first-order chi connectivity index (χ1) is 8.77. The van der Waals surface area contributed by atoms with Crippen molar-refractivity contribution in [1.29, 1.82) is 0 Å². The van der Waals surface area contributed by atoms with E-state index in [0.717, 1.165) is 19.3 Å². The van der Waals surface area contributed by atoms with Crippen molar-refractivity contribution in [3.8, 4) is 0 Å². The molecule has 0 radical (unpaired) electrons. The second kappa shape index (κ2) is 9.30. The molecule has 1 amide bonds. The highest BCUT2D eigenvalue weighted by Crippen LogP contribution is 2.20. The van der Waals surface area contributed by atoms with Gasteiger partial charge in [-0.3, -0.25) is 4.79 Å². The Morgan fingerprint density at radius 1 is 1.33 bits per heavy atom. The number of likely N-dealkylation sites (N-methyl/N-ethyl adjacent to an activating group) is 1. The Hall–Kier alpha value is -0.650. The minimum atomic E-state index is -0.0356. The van der Waals surface area contributed by atoms with Crippen molar-refractivity contribution < 1.29 is 14.3 Å². The normalized spacial score (nSPS) is 23.9. The Morgan fingerprint density at radius 3 is 2.83 bits per heavy atom. The van der Waals surface area contributed by atoms with E-state index >= 15 is 0 Å². The third kappa shape index (κ3) is 5.80. The summed E-state index contributed by atoms with van der Waals surface area (Å²) in [5.74, 6) is -0.0356. The molecule has 106 valence electrons. The van der Waals surface area contributed by atoms with Crippen molar-refractivity contribution in [2.24, 2.45) is 0 Å². The molecule has 0 spiro atoms. The number of hydrogen-bond acceptors (Lipinski definition) is 4. The average Bonchev–Trinajstić information content (AvgIpc) is 2.41. The summed E-state index contributed by atoms with van der Waals surface area (Å²) in [6.07, 6.45) is 5.63. The SMILES string of the molecule is CNC1CCCCC1OCC(=O)NCCCOC. The van der Waals surface area contributed by atoms with Crippen molar-refractivity contribution in [2.75, 3.05) is 33.9 Å². The van der Waals surface area contributed by atoms with Gasteiger partial charge in [0.1, 0.15) is 6.61 Å². The van der Waals surface area contributed by atoms with E-state index in [0.29, 0.717) is 19.2 Å². The predicted molar refractivity (Wildman–Crippen MR) is 70.6 cm³/mol. The lowest BCUT2D eigenvalue weighted by Gasteiger charge is -2.30. The maximum absolute atomic E-state index is 11.5. The molecule has 1 rings (SSSR count). The fraction of sp³-hybridized carbons (Fsp3) is 0.923. The fourth-order valence-corrected chi connectivity index (χ4v) is 2.30. The molecule has 0 aliphatic heterocycles. The van der Waals surface area contributed by atoms with Crippen LogP contribution in [0.25, 0.3) is 0 Å². The summed E-state index contributed by atoms with van der Waals surface area (Å²) in [4.78, 5) is 11.5. The molecule has 5 nitrogen and oxygen atoms in total. The number of carbonyl (C=O) groups excluding carboxylic acids is 1. The van der Waals surface area contributed by atoms with Crippen LogP contribution in [-0.2, 0) is 14.3 Å². The van der Waals surface area contributed by atoms with E-state index in [1.807, 2.05) is 7.05 Å². The van der Waals surface area contributed by atoms with Crippen LogP contribution < -0.4 is 10.6 Å². The van der Waals surface area contributed by atoms with Gasteiger partial charge in [-0.1, -0.05) is 12.8 Å². The van der Waals surface area contributed by atoms with Crippen LogP contribution in [0.4, 0.5) is 0 Å². The number of nitrogens with one attached hydrogen (secondary N) is 2. The first-order valence-corrected chi connectivity index (χ1v) is 6.82. The van der Waals surface area contributed by atoms with E-state index in [1.165, 1.54) is 12.8 Å². The van der Waals surface area contributed by atoms with Crippen LogP contribution in [0.3, 0.4) is 0 Å². The molecule has 1 aliphatic rings. The molecular weight excluding hydrogens is 232 g/mol. The lowest BCUT2D eigenvalue weighted by molar-refractivity contribution is -0.129. The Bertz CT molecular complexity index is 236. The topological polar surface area (TPSA) is 59.6 Å². The smallest absolute Gasteiger partial charge is 0.246 e. The van der Waals surface area contributed by atoms with Gasteiger partial charge in [0, 0.05) is 26.3 Å². The molecule has 2 N–H and O–H groups in total. The van der Waals surface area contributed by atoms with E-state index in [1.54, 1.807) is 7.11 Å². The summed E-state index contributed by atoms with van der Waals surface area (Å²) in [7, 11) is 3.61. The highest BCUT2D eigenvalue weighted by molar-refractivity contribution is 5.77. The van der Waals surface area contributed by atoms with Crippen molar-refractivity contribution >= 4 is 5.91 Å². The van der Waals surface area contributed by atoms with Crippen molar-refractivity contribution in [3.05, 3.63) is 0 Å². The quantitative estimate of drug-likeness (QED) is 0.629. The van der Waals surface area contributed by atoms with Gasteiger partial charge in [0.15, 0.2) is 0 Å². The predicted octanol–water partition coefficient (Wildman–Crippen LogP) is 0.686. The van der Waals surface area contributed by atoms with E-state index in [9.17, 15) is 4.79 Å². The van der Waals surface area contributed by atoms with Crippen LogP contribution in [0, 0.1) is 0 Å².